The molecule has 1 aromatic carbocycles. The van der Waals surface area contributed by atoms with Crippen LogP contribution in [0.2, 0.25) is 0 Å². The Morgan fingerprint density at radius 2 is 1.80 bits per heavy atom. The minimum absolute atomic E-state index is 0.0798. The average Bonchev–Trinajstić information content (AvgIpc) is 2.30. The number of benzene rings is 1. The summed E-state index contributed by atoms with van der Waals surface area (Å²) in [5.41, 5.74) is 7.38. The van der Waals surface area contributed by atoms with E-state index in [-0.39, 0.29) is 6.04 Å². The fraction of sp³-hybridized carbons (Fsp3) is 0.538. The number of hydrogen-bond acceptors (Lipinski definition) is 2. The van der Waals surface area contributed by atoms with Crippen LogP contribution in [0.1, 0.15) is 38.3 Å². The van der Waals surface area contributed by atoms with Gasteiger partial charge in [0.2, 0.25) is 0 Å². The molecule has 1 aromatic rings. The van der Waals surface area contributed by atoms with Crippen molar-refractivity contribution in [3.05, 3.63) is 29.8 Å². The van der Waals surface area contributed by atoms with E-state index in [0.29, 0.717) is 5.92 Å². The standard InChI is InChI=1S/C13H21NO/c1-4-10(5-2)13(14)11-8-6-7-9-12(11)15-3/h6-10,13H,4-5,14H2,1-3H3. The van der Waals surface area contributed by atoms with Crippen molar-refractivity contribution >= 4 is 0 Å². The Morgan fingerprint density at radius 3 is 2.33 bits per heavy atom. The normalized spacial score (nSPS) is 12.9. The van der Waals surface area contributed by atoms with Crippen LogP contribution in [0, 0.1) is 5.92 Å². The highest BCUT2D eigenvalue weighted by molar-refractivity contribution is 5.35. The third-order valence-corrected chi connectivity index (χ3v) is 3.05. The number of ether oxygens (including phenoxy) is 1. The number of hydrogen-bond donors (Lipinski definition) is 1. The molecule has 0 saturated heterocycles. The highest BCUT2D eigenvalue weighted by Crippen LogP contribution is 2.31. The molecule has 0 spiro atoms. The summed E-state index contributed by atoms with van der Waals surface area (Å²) in [6.45, 7) is 4.37. The summed E-state index contributed by atoms with van der Waals surface area (Å²) in [5, 5.41) is 0. The van der Waals surface area contributed by atoms with E-state index in [2.05, 4.69) is 19.9 Å². The van der Waals surface area contributed by atoms with Gasteiger partial charge in [0.05, 0.1) is 7.11 Å². The van der Waals surface area contributed by atoms with E-state index in [1.807, 2.05) is 18.2 Å². The van der Waals surface area contributed by atoms with Gasteiger partial charge in [-0.25, -0.2) is 0 Å². The third-order valence-electron chi connectivity index (χ3n) is 3.05. The van der Waals surface area contributed by atoms with Crippen molar-refractivity contribution in [2.24, 2.45) is 11.7 Å². The van der Waals surface area contributed by atoms with E-state index in [1.54, 1.807) is 7.11 Å². The van der Waals surface area contributed by atoms with E-state index in [1.165, 1.54) is 0 Å². The van der Waals surface area contributed by atoms with Gasteiger partial charge in [0, 0.05) is 11.6 Å². The maximum absolute atomic E-state index is 6.26. The minimum Gasteiger partial charge on any atom is -0.496 e. The number of rotatable bonds is 5. The first kappa shape index (κ1) is 12.1. The lowest BCUT2D eigenvalue weighted by Crippen LogP contribution is -2.21. The summed E-state index contributed by atoms with van der Waals surface area (Å²) in [6, 6.07) is 8.10. The molecular weight excluding hydrogens is 186 g/mol. The van der Waals surface area contributed by atoms with Crippen LogP contribution in [0.15, 0.2) is 24.3 Å². The Labute approximate surface area is 92.4 Å². The molecule has 2 heteroatoms. The van der Waals surface area contributed by atoms with Gasteiger partial charge >= 0.3 is 0 Å². The molecule has 0 bridgehead atoms. The van der Waals surface area contributed by atoms with Crippen LogP contribution in [-0.2, 0) is 0 Å². The first-order valence-corrected chi connectivity index (χ1v) is 5.63. The molecule has 0 fully saturated rings. The molecule has 15 heavy (non-hydrogen) atoms. The Morgan fingerprint density at radius 1 is 1.20 bits per heavy atom. The Kier molecular flexibility index (Phi) is 4.63. The van der Waals surface area contributed by atoms with Gasteiger partial charge in [-0.3, -0.25) is 0 Å². The largest absolute Gasteiger partial charge is 0.496 e. The second-order valence-corrected chi connectivity index (χ2v) is 3.84. The zero-order chi connectivity index (χ0) is 11.3. The number of methoxy groups -OCH3 is 1. The van der Waals surface area contributed by atoms with Crippen LogP contribution in [0.5, 0.6) is 5.75 Å². The predicted octanol–water partition coefficient (Wildman–Crippen LogP) is 3.13. The van der Waals surface area contributed by atoms with Gasteiger partial charge in [-0.15, -0.1) is 0 Å². The van der Waals surface area contributed by atoms with E-state index >= 15 is 0 Å². The molecule has 0 amide bonds. The van der Waals surface area contributed by atoms with E-state index in [0.717, 1.165) is 24.2 Å². The van der Waals surface area contributed by atoms with Crippen molar-refractivity contribution in [1.82, 2.24) is 0 Å². The molecular formula is C13H21NO. The molecule has 1 atom stereocenters. The highest BCUT2D eigenvalue weighted by Gasteiger charge is 2.18. The van der Waals surface area contributed by atoms with E-state index in [4.69, 9.17) is 10.5 Å². The molecule has 0 aliphatic rings. The lowest BCUT2D eigenvalue weighted by molar-refractivity contribution is 0.371. The molecule has 2 N–H and O–H groups in total. The molecule has 0 aliphatic heterocycles. The van der Waals surface area contributed by atoms with Gasteiger partial charge in [0.25, 0.3) is 0 Å². The maximum atomic E-state index is 6.26. The van der Waals surface area contributed by atoms with Crippen molar-refractivity contribution in [1.29, 1.82) is 0 Å². The van der Waals surface area contributed by atoms with E-state index in [9.17, 15) is 0 Å². The summed E-state index contributed by atoms with van der Waals surface area (Å²) in [6.07, 6.45) is 2.21. The molecule has 1 rings (SSSR count). The molecule has 0 aromatic heterocycles. The lowest BCUT2D eigenvalue weighted by Gasteiger charge is -2.23. The average molecular weight is 207 g/mol. The molecule has 1 unspecified atom stereocenters. The second kappa shape index (κ2) is 5.76. The molecule has 0 saturated carbocycles. The number of para-hydroxylation sites is 1. The van der Waals surface area contributed by atoms with Gasteiger partial charge in [-0.05, 0) is 12.0 Å². The zero-order valence-electron chi connectivity index (χ0n) is 9.86. The first-order valence-electron chi connectivity index (χ1n) is 5.63. The highest BCUT2D eigenvalue weighted by atomic mass is 16.5. The molecule has 0 radical (unpaired) electrons. The Hall–Kier alpha value is -1.02. The van der Waals surface area contributed by atoms with Crippen molar-refractivity contribution in [2.45, 2.75) is 32.7 Å². The van der Waals surface area contributed by atoms with Gasteiger partial charge < -0.3 is 10.5 Å². The number of nitrogens with two attached hydrogens (primary N) is 1. The minimum atomic E-state index is 0.0798. The summed E-state index contributed by atoms with van der Waals surface area (Å²) >= 11 is 0. The first-order chi connectivity index (χ1) is 7.24. The third kappa shape index (κ3) is 2.72. The quantitative estimate of drug-likeness (QED) is 0.805. The summed E-state index contributed by atoms with van der Waals surface area (Å²) in [7, 11) is 1.69. The van der Waals surface area contributed by atoms with Crippen molar-refractivity contribution in [2.75, 3.05) is 7.11 Å². The predicted molar refractivity (Wildman–Crippen MR) is 64.0 cm³/mol. The van der Waals surface area contributed by atoms with Crippen LogP contribution < -0.4 is 10.5 Å². The summed E-state index contributed by atoms with van der Waals surface area (Å²) in [5.74, 6) is 1.43. The topological polar surface area (TPSA) is 35.2 Å². The van der Waals surface area contributed by atoms with Gasteiger partial charge in [0.15, 0.2) is 0 Å². The van der Waals surface area contributed by atoms with Gasteiger partial charge in [-0.2, -0.15) is 0 Å². The lowest BCUT2D eigenvalue weighted by atomic mass is 9.89. The molecule has 0 heterocycles. The smallest absolute Gasteiger partial charge is 0.123 e. The second-order valence-electron chi connectivity index (χ2n) is 3.84. The van der Waals surface area contributed by atoms with Crippen molar-refractivity contribution in [3.8, 4) is 5.75 Å². The molecule has 2 nitrogen and oxygen atoms in total. The molecule has 0 aliphatic carbocycles. The van der Waals surface area contributed by atoms with Gasteiger partial charge in [-0.1, -0.05) is 44.9 Å². The molecule has 84 valence electrons. The maximum Gasteiger partial charge on any atom is 0.123 e. The van der Waals surface area contributed by atoms with Gasteiger partial charge in [0.1, 0.15) is 5.75 Å². The van der Waals surface area contributed by atoms with Crippen LogP contribution in [-0.4, -0.2) is 7.11 Å². The van der Waals surface area contributed by atoms with Crippen molar-refractivity contribution < 1.29 is 4.74 Å². The Bertz CT molecular complexity index is 294. The van der Waals surface area contributed by atoms with Crippen LogP contribution in [0.25, 0.3) is 0 Å². The van der Waals surface area contributed by atoms with Crippen LogP contribution >= 0.6 is 0 Å². The van der Waals surface area contributed by atoms with Crippen molar-refractivity contribution in [3.63, 3.8) is 0 Å². The van der Waals surface area contributed by atoms with Crippen LogP contribution in [0.4, 0.5) is 0 Å². The SMILES string of the molecule is CCC(CC)C(N)c1ccccc1OC. The fourth-order valence-corrected chi connectivity index (χ4v) is 1.99. The van der Waals surface area contributed by atoms with Crippen LogP contribution in [0.3, 0.4) is 0 Å². The van der Waals surface area contributed by atoms with E-state index < -0.39 is 0 Å². The fourth-order valence-electron chi connectivity index (χ4n) is 1.99. The monoisotopic (exact) mass is 207 g/mol. The summed E-state index contributed by atoms with van der Waals surface area (Å²) < 4.78 is 5.33. The Balaban J connectivity index is 2.93. The summed E-state index contributed by atoms with van der Waals surface area (Å²) in [4.78, 5) is 0. The zero-order valence-corrected chi connectivity index (χ0v) is 9.86.